The van der Waals surface area contributed by atoms with Crippen molar-refractivity contribution < 1.29 is 5.11 Å². The molecule has 2 nitrogen and oxygen atoms in total. The van der Waals surface area contributed by atoms with Crippen molar-refractivity contribution in [3.8, 4) is 0 Å². The molecule has 0 saturated heterocycles. The first-order valence-electron chi connectivity index (χ1n) is 7.43. The van der Waals surface area contributed by atoms with Gasteiger partial charge in [0.25, 0.3) is 0 Å². The summed E-state index contributed by atoms with van der Waals surface area (Å²) in [6.07, 6.45) is 4.33. The van der Waals surface area contributed by atoms with Gasteiger partial charge in [0.05, 0.1) is 6.61 Å². The van der Waals surface area contributed by atoms with E-state index < -0.39 is 0 Å². The molecular formula is C20H19NO. The first-order valence-corrected chi connectivity index (χ1v) is 7.43. The van der Waals surface area contributed by atoms with Gasteiger partial charge in [-0.3, -0.25) is 0 Å². The topological polar surface area (TPSA) is 36.0 Å². The van der Waals surface area contributed by atoms with E-state index in [0.717, 1.165) is 11.4 Å². The lowest BCUT2D eigenvalue weighted by Crippen LogP contribution is -1.98. The summed E-state index contributed by atoms with van der Waals surface area (Å²) in [5.41, 5.74) is 4.32. The highest BCUT2D eigenvalue weighted by Gasteiger charge is 2.12. The zero-order valence-corrected chi connectivity index (χ0v) is 12.3. The zero-order chi connectivity index (χ0) is 15.2. The standard InChI is InChI=1S/C20H19NO/c22-15-18-12-14-20(21-18)19(17-9-5-2-6-10-17)13-11-16-7-3-1-4-8-16/h1-14,19,21-22H,15H2/b13-11+. The second-order valence-corrected chi connectivity index (χ2v) is 5.26. The Kier molecular flexibility index (Phi) is 4.52. The van der Waals surface area contributed by atoms with Crippen molar-refractivity contribution in [2.45, 2.75) is 12.5 Å². The normalized spacial score (nSPS) is 12.6. The zero-order valence-electron chi connectivity index (χ0n) is 12.3. The van der Waals surface area contributed by atoms with E-state index >= 15 is 0 Å². The van der Waals surface area contributed by atoms with Gasteiger partial charge in [-0.1, -0.05) is 72.8 Å². The SMILES string of the molecule is OCc1ccc(C(/C=C/c2ccccc2)c2ccccc2)[nH]1. The number of aliphatic hydroxyl groups excluding tert-OH is 1. The van der Waals surface area contributed by atoms with Crippen LogP contribution < -0.4 is 0 Å². The van der Waals surface area contributed by atoms with Crippen LogP contribution in [0.3, 0.4) is 0 Å². The van der Waals surface area contributed by atoms with Crippen LogP contribution in [0.25, 0.3) is 6.08 Å². The number of hydrogen-bond acceptors (Lipinski definition) is 1. The lowest BCUT2D eigenvalue weighted by Gasteiger charge is -2.12. The van der Waals surface area contributed by atoms with Crippen molar-refractivity contribution in [3.05, 3.63) is 101 Å². The van der Waals surface area contributed by atoms with Gasteiger partial charge in [-0.2, -0.15) is 0 Å². The highest BCUT2D eigenvalue weighted by Crippen LogP contribution is 2.26. The fraction of sp³-hybridized carbons (Fsp3) is 0.100. The molecule has 0 spiro atoms. The fourth-order valence-electron chi connectivity index (χ4n) is 2.56. The van der Waals surface area contributed by atoms with Crippen LogP contribution in [0.4, 0.5) is 0 Å². The maximum absolute atomic E-state index is 9.26. The number of rotatable bonds is 5. The third-order valence-corrected chi connectivity index (χ3v) is 3.71. The summed E-state index contributed by atoms with van der Waals surface area (Å²) in [6.45, 7) is 0.0317. The smallest absolute Gasteiger partial charge is 0.0830 e. The van der Waals surface area contributed by atoms with Crippen LogP contribution in [-0.4, -0.2) is 10.1 Å². The Morgan fingerprint density at radius 1 is 0.864 bits per heavy atom. The average Bonchev–Trinajstić information content (AvgIpc) is 3.06. The first-order chi connectivity index (χ1) is 10.9. The molecule has 0 aliphatic heterocycles. The van der Waals surface area contributed by atoms with E-state index in [9.17, 15) is 5.11 Å². The highest BCUT2D eigenvalue weighted by molar-refractivity contribution is 5.52. The molecule has 2 aromatic carbocycles. The Morgan fingerprint density at radius 2 is 1.55 bits per heavy atom. The van der Waals surface area contributed by atoms with Crippen LogP contribution in [0.2, 0.25) is 0 Å². The number of benzene rings is 2. The summed E-state index contributed by atoms with van der Waals surface area (Å²) in [5.74, 6) is 0.140. The second kappa shape index (κ2) is 6.92. The van der Waals surface area contributed by atoms with Gasteiger partial charge < -0.3 is 10.1 Å². The van der Waals surface area contributed by atoms with E-state index in [0.29, 0.717) is 0 Å². The first kappa shape index (κ1) is 14.4. The quantitative estimate of drug-likeness (QED) is 0.719. The van der Waals surface area contributed by atoms with Crippen LogP contribution in [0.15, 0.2) is 78.9 Å². The predicted octanol–water partition coefficient (Wildman–Crippen LogP) is 4.35. The van der Waals surface area contributed by atoms with E-state index in [1.54, 1.807) is 0 Å². The summed E-state index contributed by atoms with van der Waals surface area (Å²) in [6, 6.07) is 24.6. The molecule has 0 amide bonds. The lowest BCUT2D eigenvalue weighted by molar-refractivity contribution is 0.277. The number of aromatic nitrogens is 1. The molecule has 3 aromatic rings. The Hall–Kier alpha value is -2.58. The van der Waals surface area contributed by atoms with Crippen LogP contribution in [0.1, 0.15) is 28.4 Å². The Bertz CT molecular complexity index is 729. The van der Waals surface area contributed by atoms with Crippen LogP contribution in [0.5, 0.6) is 0 Å². The Morgan fingerprint density at radius 3 is 2.18 bits per heavy atom. The highest BCUT2D eigenvalue weighted by atomic mass is 16.3. The van der Waals surface area contributed by atoms with Crippen molar-refractivity contribution in [1.82, 2.24) is 4.98 Å². The Labute approximate surface area is 130 Å². The fourth-order valence-corrected chi connectivity index (χ4v) is 2.56. The minimum atomic E-state index is 0.0317. The molecule has 0 fully saturated rings. The number of hydrogen-bond donors (Lipinski definition) is 2. The monoisotopic (exact) mass is 289 g/mol. The number of aromatic amines is 1. The number of nitrogens with one attached hydrogen (secondary N) is 1. The predicted molar refractivity (Wildman–Crippen MR) is 90.5 cm³/mol. The molecule has 0 aliphatic rings. The van der Waals surface area contributed by atoms with Crippen molar-refractivity contribution >= 4 is 6.08 Å². The number of allylic oxidation sites excluding steroid dienone is 1. The maximum atomic E-state index is 9.26. The largest absolute Gasteiger partial charge is 0.390 e. The van der Waals surface area contributed by atoms with Crippen LogP contribution in [-0.2, 0) is 6.61 Å². The van der Waals surface area contributed by atoms with Gasteiger partial charge in [-0.15, -0.1) is 0 Å². The molecule has 3 rings (SSSR count). The van der Waals surface area contributed by atoms with Gasteiger partial charge in [-0.05, 0) is 23.3 Å². The molecule has 0 saturated carbocycles. The maximum Gasteiger partial charge on any atom is 0.0830 e. The summed E-state index contributed by atoms with van der Waals surface area (Å²) >= 11 is 0. The molecule has 0 radical (unpaired) electrons. The van der Waals surface area contributed by atoms with Gasteiger partial charge in [0.2, 0.25) is 0 Å². The molecule has 0 bridgehead atoms. The Balaban J connectivity index is 1.94. The van der Waals surface area contributed by atoms with Gasteiger partial charge in [0.15, 0.2) is 0 Å². The second-order valence-electron chi connectivity index (χ2n) is 5.26. The van der Waals surface area contributed by atoms with Gasteiger partial charge in [-0.25, -0.2) is 0 Å². The third kappa shape index (κ3) is 3.35. The van der Waals surface area contributed by atoms with E-state index in [2.05, 4.69) is 53.5 Å². The molecule has 1 heterocycles. The van der Waals surface area contributed by atoms with Crippen molar-refractivity contribution in [2.24, 2.45) is 0 Å². The van der Waals surface area contributed by atoms with Gasteiger partial charge in [0, 0.05) is 17.3 Å². The number of H-pyrrole nitrogens is 1. The molecule has 0 aliphatic carbocycles. The van der Waals surface area contributed by atoms with E-state index in [1.807, 2.05) is 36.4 Å². The lowest BCUT2D eigenvalue weighted by atomic mass is 9.94. The summed E-state index contributed by atoms with van der Waals surface area (Å²) < 4.78 is 0. The molecule has 1 aromatic heterocycles. The summed E-state index contributed by atoms with van der Waals surface area (Å²) in [5, 5.41) is 9.26. The van der Waals surface area contributed by atoms with E-state index in [-0.39, 0.29) is 12.5 Å². The molecule has 1 atom stereocenters. The summed E-state index contributed by atoms with van der Waals surface area (Å²) in [4.78, 5) is 3.30. The minimum absolute atomic E-state index is 0.0317. The molecule has 1 unspecified atom stereocenters. The van der Waals surface area contributed by atoms with Crippen molar-refractivity contribution in [1.29, 1.82) is 0 Å². The molecule has 2 N–H and O–H groups in total. The molecule has 2 heteroatoms. The third-order valence-electron chi connectivity index (χ3n) is 3.71. The van der Waals surface area contributed by atoms with Crippen molar-refractivity contribution in [2.75, 3.05) is 0 Å². The van der Waals surface area contributed by atoms with Gasteiger partial charge >= 0.3 is 0 Å². The number of aliphatic hydroxyl groups is 1. The summed E-state index contributed by atoms with van der Waals surface area (Å²) in [7, 11) is 0. The van der Waals surface area contributed by atoms with Crippen LogP contribution >= 0.6 is 0 Å². The van der Waals surface area contributed by atoms with Crippen molar-refractivity contribution in [3.63, 3.8) is 0 Å². The van der Waals surface area contributed by atoms with E-state index in [4.69, 9.17) is 0 Å². The van der Waals surface area contributed by atoms with Crippen LogP contribution in [0, 0.1) is 0 Å². The minimum Gasteiger partial charge on any atom is -0.390 e. The molecule has 22 heavy (non-hydrogen) atoms. The molecule has 110 valence electrons. The molecular weight excluding hydrogens is 270 g/mol. The average molecular weight is 289 g/mol. The van der Waals surface area contributed by atoms with E-state index in [1.165, 1.54) is 11.1 Å². The van der Waals surface area contributed by atoms with Gasteiger partial charge in [0.1, 0.15) is 0 Å².